The van der Waals surface area contributed by atoms with Gasteiger partial charge in [0.05, 0.1) is 24.9 Å². The zero-order valence-corrected chi connectivity index (χ0v) is 18.0. The third-order valence-corrected chi connectivity index (χ3v) is 6.67. The number of benzene rings is 2. The molecule has 2 aromatic rings. The molecule has 0 aromatic heterocycles. The van der Waals surface area contributed by atoms with E-state index in [9.17, 15) is 9.50 Å². The van der Waals surface area contributed by atoms with Gasteiger partial charge in [0.2, 0.25) is 0 Å². The summed E-state index contributed by atoms with van der Waals surface area (Å²) >= 11 is 0. The van der Waals surface area contributed by atoms with E-state index in [0.717, 1.165) is 43.6 Å². The minimum atomic E-state index is -0.206. The number of aryl methyl sites for hydroxylation is 1. The highest BCUT2D eigenvalue weighted by molar-refractivity contribution is 5.58. The summed E-state index contributed by atoms with van der Waals surface area (Å²) in [5.41, 5.74) is 4.78. The highest BCUT2D eigenvalue weighted by Gasteiger charge is 2.42. The molecule has 4 rings (SSSR count). The summed E-state index contributed by atoms with van der Waals surface area (Å²) < 4.78 is 20.2. The Balaban J connectivity index is 1.63. The van der Waals surface area contributed by atoms with Crippen LogP contribution in [0.2, 0.25) is 0 Å². The molecule has 0 unspecified atom stereocenters. The van der Waals surface area contributed by atoms with Crippen molar-refractivity contribution in [1.82, 2.24) is 4.90 Å². The van der Waals surface area contributed by atoms with Crippen molar-refractivity contribution in [3.8, 4) is 0 Å². The SMILES string of the molecule is CCc1ccc2c(c1)[C@H]1O[C@@H](CN(CC)CCO)CC[C@H]1[C@H](c1ccc(F)cc1)N2. The number of aliphatic hydroxyl groups excluding tert-OH is 1. The fourth-order valence-electron chi connectivity index (χ4n) is 4.97. The molecule has 0 radical (unpaired) electrons. The van der Waals surface area contributed by atoms with Crippen LogP contribution in [0.25, 0.3) is 0 Å². The molecule has 2 aliphatic heterocycles. The first kappa shape index (κ1) is 21.3. The third-order valence-electron chi connectivity index (χ3n) is 6.67. The van der Waals surface area contributed by atoms with Crippen molar-refractivity contribution in [2.45, 2.75) is 51.4 Å². The quantitative estimate of drug-likeness (QED) is 0.692. The van der Waals surface area contributed by atoms with E-state index in [1.165, 1.54) is 11.1 Å². The Hall–Kier alpha value is -1.95. The lowest BCUT2D eigenvalue weighted by Gasteiger charge is -2.46. The van der Waals surface area contributed by atoms with E-state index in [1.54, 1.807) is 12.1 Å². The van der Waals surface area contributed by atoms with Crippen molar-refractivity contribution in [3.63, 3.8) is 0 Å². The Morgan fingerprint density at radius 3 is 2.63 bits per heavy atom. The van der Waals surface area contributed by atoms with Crippen LogP contribution in [0, 0.1) is 11.7 Å². The fourth-order valence-corrected chi connectivity index (χ4v) is 4.97. The number of nitrogens with one attached hydrogen (secondary N) is 1. The molecule has 4 nitrogen and oxygen atoms in total. The molecule has 1 saturated heterocycles. The first-order chi connectivity index (χ1) is 14.6. The Morgan fingerprint density at radius 2 is 1.93 bits per heavy atom. The smallest absolute Gasteiger partial charge is 0.123 e. The Kier molecular flexibility index (Phi) is 6.71. The molecule has 0 spiro atoms. The van der Waals surface area contributed by atoms with Gasteiger partial charge in [-0.1, -0.05) is 38.1 Å². The van der Waals surface area contributed by atoms with Gasteiger partial charge < -0.3 is 15.2 Å². The number of rotatable bonds is 7. The maximum atomic E-state index is 13.5. The maximum Gasteiger partial charge on any atom is 0.123 e. The minimum Gasteiger partial charge on any atom is -0.395 e. The first-order valence-corrected chi connectivity index (χ1v) is 11.3. The van der Waals surface area contributed by atoms with Crippen LogP contribution in [0.15, 0.2) is 42.5 Å². The number of likely N-dealkylation sites (N-methyl/N-ethyl adjacent to an activating group) is 1. The van der Waals surface area contributed by atoms with Crippen molar-refractivity contribution in [2.75, 3.05) is 31.6 Å². The molecular formula is C25H33FN2O2. The molecule has 162 valence electrons. The Bertz CT molecular complexity index is 842. The number of anilines is 1. The van der Waals surface area contributed by atoms with Gasteiger partial charge in [-0.15, -0.1) is 0 Å². The summed E-state index contributed by atoms with van der Waals surface area (Å²) in [6.45, 7) is 6.91. The van der Waals surface area contributed by atoms with Crippen LogP contribution in [-0.2, 0) is 11.2 Å². The average molecular weight is 413 g/mol. The number of hydrogen-bond acceptors (Lipinski definition) is 4. The van der Waals surface area contributed by atoms with Crippen LogP contribution in [0.5, 0.6) is 0 Å². The van der Waals surface area contributed by atoms with Crippen LogP contribution < -0.4 is 5.32 Å². The van der Waals surface area contributed by atoms with Crippen molar-refractivity contribution < 1.29 is 14.2 Å². The molecule has 0 saturated carbocycles. The maximum absolute atomic E-state index is 13.5. The van der Waals surface area contributed by atoms with Gasteiger partial charge in [-0.3, -0.25) is 4.90 Å². The number of nitrogens with zero attached hydrogens (tertiary/aromatic N) is 1. The largest absolute Gasteiger partial charge is 0.395 e. The van der Waals surface area contributed by atoms with Crippen LogP contribution >= 0.6 is 0 Å². The predicted molar refractivity (Wildman–Crippen MR) is 118 cm³/mol. The summed E-state index contributed by atoms with van der Waals surface area (Å²) in [5, 5.41) is 13.1. The molecule has 0 bridgehead atoms. The van der Waals surface area contributed by atoms with Crippen LogP contribution in [0.1, 0.15) is 55.5 Å². The van der Waals surface area contributed by atoms with E-state index in [2.05, 4.69) is 42.3 Å². The van der Waals surface area contributed by atoms with Gasteiger partial charge >= 0.3 is 0 Å². The Morgan fingerprint density at radius 1 is 1.13 bits per heavy atom. The molecule has 4 atom stereocenters. The fraction of sp³-hybridized carbons (Fsp3) is 0.520. The molecule has 30 heavy (non-hydrogen) atoms. The average Bonchev–Trinajstić information content (AvgIpc) is 2.78. The second-order valence-electron chi connectivity index (χ2n) is 8.49. The number of ether oxygens (including phenoxy) is 1. The Labute approximate surface area is 179 Å². The van der Waals surface area contributed by atoms with Gasteiger partial charge in [-0.25, -0.2) is 4.39 Å². The molecular weight excluding hydrogens is 379 g/mol. The molecule has 2 aliphatic rings. The van der Waals surface area contributed by atoms with E-state index in [0.29, 0.717) is 12.5 Å². The van der Waals surface area contributed by atoms with Gasteiger partial charge in [0.25, 0.3) is 0 Å². The molecule has 2 N–H and O–H groups in total. The van der Waals surface area contributed by atoms with E-state index in [4.69, 9.17) is 4.74 Å². The second kappa shape index (κ2) is 9.46. The van der Waals surface area contributed by atoms with Crippen molar-refractivity contribution in [1.29, 1.82) is 0 Å². The summed E-state index contributed by atoms with van der Waals surface area (Å²) in [4.78, 5) is 2.26. The normalized spacial score (nSPS) is 25.5. The zero-order chi connectivity index (χ0) is 21.1. The van der Waals surface area contributed by atoms with Gasteiger partial charge in [0.15, 0.2) is 0 Å². The summed E-state index contributed by atoms with van der Waals surface area (Å²) in [6, 6.07) is 13.6. The molecule has 1 fully saturated rings. The molecule has 0 aliphatic carbocycles. The lowest BCUT2D eigenvalue weighted by atomic mass is 9.76. The van der Waals surface area contributed by atoms with Gasteiger partial charge in [-0.05, 0) is 55.1 Å². The molecule has 5 heteroatoms. The van der Waals surface area contributed by atoms with Gasteiger partial charge in [-0.2, -0.15) is 0 Å². The predicted octanol–water partition coefficient (Wildman–Crippen LogP) is 4.71. The summed E-state index contributed by atoms with van der Waals surface area (Å²) in [6.07, 6.45) is 3.22. The van der Waals surface area contributed by atoms with E-state index in [-0.39, 0.29) is 30.7 Å². The minimum absolute atomic E-state index is 0.0226. The van der Waals surface area contributed by atoms with E-state index in [1.807, 2.05) is 12.1 Å². The van der Waals surface area contributed by atoms with Gasteiger partial charge in [0, 0.05) is 30.3 Å². The lowest BCUT2D eigenvalue weighted by Crippen LogP contribution is -2.43. The zero-order valence-electron chi connectivity index (χ0n) is 18.0. The highest BCUT2D eigenvalue weighted by Crippen LogP contribution is 2.50. The number of fused-ring (bicyclic) bond motifs is 3. The van der Waals surface area contributed by atoms with Crippen LogP contribution in [0.4, 0.5) is 10.1 Å². The molecule has 0 amide bonds. The topological polar surface area (TPSA) is 44.7 Å². The number of hydrogen-bond donors (Lipinski definition) is 2. The molecule has 2 heterocycles. The first-order valence-electron chi connectivity index (χ1n) is 11.3. The van der Waals surface area contributed by atoms with Crippen molar-refractivity contribution in [3.05, 3.63) is 65.0 Å². The monoisotopic (exact) mass is 412 g/mol. The van der Waals surface area contributed by atoms with E-state index < -0.39 is 0 Å². The van der Waals surface area contributed by atoms with Crippen molar-refractivity contribution >= 4 is 5.69 Å². The van der Waals surface area contributed by atoms with Gasteiger partial charge in [0.1, 0.15) is 5.82 Å². The highest BCUT2D eigenvalue weighted by atomic mass is 19.1. The van der Waals surface area contributed by atoms with E-state index >= 15 is 0 Å². The summed E-state index contributed by atoms with van der Waals surface area (Å²) in [7, 11) is 0. The second-order valence-corrected chi connectivity index (χ2v) is 8.49. The van der Waals surface area contributed by atoms with Crippen LogP contribution in [0.3, 0.4) is 0 Å². The standard InChI is InChI=1S/C25H33FN2O2/c1-3-17-5-12-23-22(15-17)25-21(24(27-23)18-6-8-19(26)9-7-18)11-10-20(30-25)16-28(4-2)13-14-29/h5-9,12,15,20-21,24-25,27,29H,3-4,10-11,13-14,16H2,1-2H3/t20-,21+,24+,25+/m1/s1. The third kappa shape index (κ3) is 4.39. The lowest BCUT2D eigenvalue weighted by molar-refractivity contribution is -0.103. The molecule has 2 aromatic carbocycles. The number of halogens is 1. The van der Waals surface area contributed by atoms with Crippen LogP contribution in [-0.4, -0.2) is 42.4 Å². The number of aliphatic hydroxyl groups is 1. The van der Waals surface area contributed by atoms with Crippen molar-refractivity contribution in [2.24, 2.45) is 5.92 Å². The summed E-state index contributed by atoms with van der Waals surface area (Å²) in [5.74, 6) is 0.0989.